The highest BCUT2D eigenvalue weighted by atomic mass is 35.5. The van der Waals surface area contributed by atoms with Gasteiger partial charge < -0.3 is 5.32 Å². The number of aliphatic imine (C=N–C) groups is 1. The van der Waals surface area contributed by atoms with Gasteiger partial charge in [-0.1, -0.05) is 11.6 Å². The Morgan fingerprint density at radius 1 is 1.41 bits per heavy atom. The van der Waals surface area contributed by atoms with E-state index < -0.39 is 34.3 Å². The topological polar surface area (TPSA) is 100 Å². The van der Waals surface area contributed by atoms with Crippen LogP contribution in [0.3, 0.4) is 0 Å². The highest BCUT2D eigenvalue weighted by Crippen LogP contribution is 2.34. The van der Waals surface area contributed by atoms with Crippen molar-refractivity contribution in [3.8, 4) is 0 Å². The number of fused-ring (bicyclic) bond motifs is 1. The summed E-state index contributed by atoms with van der Waals surface area (Å²) in [5.74, 6) is -0.329. The van der Waals surface area contributed by atoms with Gasteiger partial charge in [-0.25, -0.2) is 5.01 Å². The van der Waals surface area contributed by atoms with Crippen molar-refractivity contribution in [1.82, 2.24) is 10.3 Å². The van der Waals surface area contributed by atoms with E-state index in [2.05, 4.69) is 15.4 Å². The minimum Gasteiger partial charge on any atom is -0.345 e. The Kier molecular flexibility index (Phi) is 5.35. The van der Waals surface area contributed by atoms with Crippen LogP contribution in [-0.4, -0.2) is 39.4 Å². The van der Waals surface area contributed by atoms with Gasteiger partial charge in [0.25, 0.3) is 11.6 Å². The second-order valence-electron chi connectivity index (χ2n) is 6.63. The number of hydrazone groups is 1. The Balaban J connectivity index is 1.88. The molecule has 3 rings (SSSR count). The van der Waals surface area contributed by atoms with Crippen molar-refractivity contribution in [2.45, 2.75) is 32.1 Å². The molecule has 0 radical (unpaired) electrons. The van der Waals surface area contributed by atoms with E-state index in [0.29, 0.717) is 18.4 Å². The molecule has 0 fully saturated rings. The van der Waals surface area contributed by atoms with Crippen molar-refractivity contribution >= 4 is 34.2 Å². The molecule has 0 saturated heterocycles. The average molecular weight is 430 g/mol. The van der Waals surface area contributed by atoms with E-state index >= 15 is 0 Å². The van der Waals surface area contributed by atoms with Crippen molar-refractivity contribution in [3.05, 3.63) is 51.1 Å². The van der Waals surface area contributed by atoms with E-state index in [1.54, 1.807) is 0 Å². The molecule has 0 unspecified atom stereocenters. The number of alkyl halides is 3. The van der Waals surface area contributed by atoms with Crippen molar-refractivity contribution in [3.63, 3.8) is 0 Å². The number of allylic oxidation sites excluding steroid dienone is 1. The molecule has 1 aromatic carbocycles. The predicted octanol–water partition coefficient (Wildman–Crippen LogP) is 3.39. The van der Waals surface area contributed by atoms with Crippen molar-refractivity contribution < 1.29 is 22.9 Å². The largest absolute Gasteiger partial charge is 0.416 e. The number of non-ortho nitro benzene ring substituents is 1. The number of hydrogen-bond acceptors (Lipinski definition) is 6. The number of carbonyl (C=O) groups is 1. The number of carbonyl (C=O) groups excluding carboxylic acids is 1. The standard InChI is InChI=1S/C17H15ClF3N5O3/c1-8-7-25-15(22-8)13(6-14(18)24-25)16(27)23-9(2)10-3-11(17(19,20)21)5-12(4-10)26(28)29/h3-6,8-9H,7H2,1-2H3,(H,23,27)/t8-,9-/m1/s1. The number of nitrogens with zero attached hydrogens (tertiary/aromatic N) is 4. The first-order chi connectivity index (χ1) is 13.5. The third-order valence-electron chi connectivity index (χ3n) is 4.32. The van der Waals surface area contributed by atoms with Crippen molar-refractivity contribution in [1.29, 1.82) is 0 Å². The monoisotopic (exact) mass is 429 g/mol. The molecule has 0 saturated carbocycles. The van der Waals surface area contributed by atoms with Crippen LogP contribution in [0.1, 0.15) is 31.0 Å². The van der Waals surface area contributed by atoms with Crippen molar-refractivity contribution in [2.75, 3.05) is 6.54 Å². The zero-order chi connectivity index (χ0) is 21.5. The molecule has 1 aromatic rings. The lowest BCUT2D eigenvalue weighted by Crippen LogP contribution is -2.37. The van der Waals surface area contributed by atoms with Gasteiger partial charge in [-0.05, 0) is 31.6 Å². The Hall–Kier alpha value is -2.95. The second-order valence-corrected chi connectivity index (χ2v) is 7.02. The minimum absolute atomic E-state index is 0.0605. The first-order valence-corrected chi connectivity index (χ1v) is 8.82. The molecular formula is C17H15ClF3N5O3. The summed E-state index contributed by atoms with van der Waals surface area (Å²) in [5, 5.41) is 19.1. The van der Waals surface area contributed by atoms with Gasteiger partial charge in [-0.2, -0.15) is 18.3 Å². The van der Waals surface area contributed by atoms with E-state index in [1.165, 1.54) is 18.0 Å². The summed E-state index contributed by atoms with van der Waals surface area (Å²) < 4.78 is 39.3. The molecular weight excluding hydrogens is 415 g/mol. The first-order valence-electron chi connectivity index (χ1n) is 8.44. The number of hydrogen-bond donors (Lipinski definition) is 1. The lowest BCUT2D eigenvalue weighted by Gasteiger charge is -2.22. The molecule has 0 spiro atoms. The fourth-order valence-electron chi connectivity index (χ4n) is 2.96. The molecule has 8 nitrogen and oxygen atoms in total. The lowest BCUT2D eigenvalue weighted by molar-refractivity contribution is -0.385. The van der Waals surface area contributed by atoms with Crippen LogP contribution in [-0.2, 0) is 11.0 Å². The van der Waals surface area contributed by atoms with Crippen LogP contribution in [0, 0.1) is 10.1 Å². The van der Waals surface area contributed by atoms with E-state index in [4.69, 9.17) is 11.6 Å². The number of halogens is 4. The maximum Gasteiger partial charge on any atom is 0.416 e. The fourth-order valence-corrected chi connectivity index (χ4v) is 3.16. The quantitative estimate of drug-likeness (QED) is 0.585. The zero-order valence-electron chi connectivity index (χ0n) is 15.2. The minimum atomic E-state index is -4.77. The number of nitro groups is 1. The van der Waals surface area contributed by atoms with Crippen LogP contribution >= 0.6 is 11.6 Å². The molecule has 2 aliphatic heterocycles. The van der Waals surface area contributed by atoms with Gasteiger partial charge in [0.1, 0.15) is 0 Å². The van der Waals surface area contributed by atoms with Gasteiger partial charge >= 0.3 is 6.18 Å². The third-order valence-corrected chi connectivity index (χ3v) is 4.50. The predicted molar refractivity (Wildman–Crippen MR) is 99.6 cm³/mol. The maximum absolute atomic E-state index is 13.1. The summed E-state index contributed by atoms with van der Waals surface area (Å²) in [6, 6.07) is 1.14. The summed E-state index contributed by atoms with van der Waals surface area (Å²) in [4.78, 5) is 27.1. The van der Waals surface area contributed by atoms with Gasteiger partial charge in [0.15, 0.2) is 11.0 Å². The molecule has 1 N–H and O–H groups in total. The van der Waals surface area contributed by atoms with E-state index in [0.717, 1.165) is 12.1 Å². The molecule has 1 amide bonds. The second kappa shape index (κ2) is 7.47. The lowest BCUT2D eigenvalue weighted by atomic mass is 10.0. The van der Waals surface area contributed by atoms with Crippen LogP contribution in [0.15, 0.2) is 39.9 Å². The number of benzene rings is 1. The molecule has 0 bridgehead atoms. The number of rotatable bonds is 4. The molecule has 29 heavy (non-hydrogen) atoms. The normalized spacial score (nSPS) is 19.7. The van der Waals surface area contributed by atoms with Gasteiger partial charge in [-0.15, -0.1) is 0 Å². The summed E-state index contributed by atoms with van der Waals surface area (Å²) in [5.41, 5.74) is -1.84. The highest BCUT2D eigenvalue weighted by molar-refractivity contribution is 6.69. The Morgan fingerprint density at radius 3 is 2.72 bits per heavy atom. The molecule has 0 aromatic heterocycles. The Morgan fingerprint density at radius 2 is 2.10 bits per heavy atom. The zero-order valence-corrected chi connectivity index (χ0v) is 16.0. The molecule has 2 atom stereocenters. The van der Waals surface area contributed by atoms with Gasteiger partial charge in [0.2, 0.25) is 0 Å². The van der Waals surface area contributed by atoms with E-state index in [1.807, 2.05) is 6.92 Å². The smallest absolute Gasteiger partial charge is 0.345 e. The van der Waals surface area contributed by atoms with Crippen LogP contribution < -0.4 is 5.32 Å². The van der Waals surface area contributed by atoms with Crippen LogP contribution in [0.4, 0.5) is 18.9 Å². The Bertz CT molecular complexity index is 974. The van der Waals surface area contributed by atoms with E-state index in [-0.39, 0.29) is 22.3 Å². The molecule has 0 aliphatic carbocycles. The van der Waals surface area contributed by atoms with Gasteiger partial charge in [-0.3, -0.25) is 19.9 Å². The number of nitrogens with one attached hydrogen (secondary N) is 1. The summed E-state index contributed by atoms with van der Waals surface area (Å²) in [7, 11) is 0. The van der Waals surface area contributed by atoms with E-state index in [9.17, 15) is 28.1 Å². The molecule has 154 valence electrons. The number of nitro benzene ring substituents is 1. The SMILES string of the molecule is C[C@@H]1CN2N=C(Cl)C=C(C(=O)N[C@H](C)c3cc([N+](=O)[O-])cc(C(F)(F)F)c3)C2=N1. The van der Waals surface area contributed by atoms with Crippen molar-refractivity contribution in [2.24, 2.45) is 10.1 Å². The van der Waals surface area contributed by atoms with Crippen LogP contribution in [0.2, 0.25) is 0 Å². The summed E-state index contributed by atoms with van der Waals surface area (Å²) in [6.45, 7) is 3.69. The highest BCUT2D eigenvalue weighted by Gasteiger charge is 2.35. The average Bonchev–Trinajstić information content (AvgIpc) is 2.99. The molecule has 2 heterocycles. The number of amides is 1. The van der Waals surface area contributed by atoms with Crippen LogP contribution in [0.5, 0.6) is 0 Å². The maximum atomic E-state index is 13.1. The number of amidine groups is 1. The summed E-state index contributed by atoms with van der Waals surface area (Å²) >= 11 is 5.95. The molecule has 12 heteroatoms. The first kappa shape index (κ1) is 20.8. The Labute approximate surface area is 167 Å². The van der Waals surface area contributed by atoms with Crippen LogP contribution in [0.25, 0.3) is 0 Å². The fraction of sp³-hybridized carbons (Fsp3) is 0.353. The summed E-state index contributed by atoms with van der Waals surface area (Å²) in [6.07, 6.45) is -3.46. The van der Waals surface area contributed by atoms with Gasteiger partial charge in [0, 0.05) is 12.1 Å². The molecule has 2 aliphatic rings. The van der Waals surface area contributed by atoms with Gasteiger partial charge in [0.05, 0.1) is 34.7 Å². The third kappa shape index (κ3) is 4.39.